The lowest BCUT2D eigenvalue weighted by Gasteiger charge is -2.01. The first-order valence-corrected chi connectivity index (χ1v) is 6.53. The van der Waals surface area contributed by atoms with E-state index in [2.05, 4.69) is 9.97 Å². The van der Waals surface area contributed by atoms with Crippen LogP contribution in [0.5, 0.6) is 0 Å². The molecule has 0 unspecified atom stereocenters. The molecule has 0 amide bonds. The van der Waals surface area contributed by atoms with Crippen molar-refractivity contribution in [2.75, 3.05) is 0 Å². The molecule has 2 aromatic carbocycles. The van der Waals surface area contributed by atoms with Gasteiger partial charge in [-0.25, -0.2) is 4.98 Å². The first-order chi connectivity index (χ1) is 9.74. The zero-order valence-corrected chi connectivity index (χ0v) is 11.3. The van der Waals surface area contributed by atoms with E-state index in [0.717, 1.165) is 5.56 Å². The fourth-order valence-corrected chi connectivity index (χ4v) is 2.21. The Labute approximate surface area is 120 Å². The number of nitrogens with zero attached hydrogens (tertiary/aromatic N) is 1. The molecule has 0 aliphatic carbocycles. The summed E-state index contributed by atoms with van der Waals surface area (Å²) >= 11 is 6.23. The van der Waals surface area contributed by atoms with Crippen molar-refractivity contribution in [1.82, 2.24) is 9.97 Å². The van der Waals surface area contributed by atoms with Crippen LogP contribution in [-0.2, 0) is 0 Å². The minimum absolute atomic E-state index is 0.231. The SMILES string of the molecule is O=c1[nH]c2ccccc2nc1C(Cl)=Cc1ccccc1. The number of para-hydroxylation sites is 2. The number of rotatable bonds is 2. The van der Waals surface area contributed by atoms with Crippen LogP contribution in [0, 0.1) is 0 Å². The number of aromatic amines is 1. The summed E-state index contributed by atoms with van der Waals surface area (Å²) < 4.78 is 0. The molecule has 0 fully saturated rings. The van der Waals surface area contributed by atoms with Crippen LogP contribution in [0.1, 0.15) is 11.3 Å². The summed E-state index contributed by atoms with van der Waals surface area (Å²) in [6, 6.07) is 16.9. The minimum Gasteiger partial charge on any atom is -0.319 e. The van der Waals surface area contributed by atoms with E-state index in [1.54, 1.807) is 6.08 Å². The third-order valence-corrected chi connectivity index (χ3v) is 3.21. The van der Waals surface area contributed by atoms with Crippen molar-refractivity contribution in [3.8, 4) is 0 Å². The van der Waals surface area contributed by atoms with Gasteiger partial charge in [-0.15, -0.1) is 0 Å². The third-order valence-electron chi connectivity index (χ3n) is 2.92. The highest BCUT2D eigenvalue weighted by molar-refractivity contribution is 6.51. The van der Waals surface area contributed by atoms with Crippen LogP contribution in [0.3, 0.4) is 0 Å². The lowest BCUT2D eigenvalue weighted by Crippen LogP contribution is -2.13. The Balaban J connectivity index is 2.12. The minimum atomic E-state index is -0.291. The predicted octanol–water partition coefficient (Wildman–Crippen LogP) is 3.66. The van der Waals surface area contributed by atoms with Crippen LogP contribution >= 0.6 is 11.6 Å². The standard InChI is InChI=1S/C16H11ClN2O/c17-12(10-11-6-2-1-3-7-11)15-16(20)19-14-9-5-4-8-13(14)18-15/h1-10H,(H,19,20). The molecule has 20 heavy (non-hydrogen) atoms. The van der Waals surface area contributed by atoms with Crippen molar-refractivity contribution in [2.45, 2.75) is 0 Å². The Kier molecular flexibility index (Phi) is 3.35. The van der Waals surface area contributed by atoms with Crippen molar-refractivity contribution >= 4 is 33.7 Å². The average molecular weight is 283 g/mol. The second-order valence-electron chi connectivity index (χ2n) is 4.33. The number of H-pyrrole nitrogens is 1. The summed E-state index contributed by atoms with van der Waals surface area (Å²) in [7, 11) is 0. The van der Waals surface area contributed by atoms with Gasteiger partial charge in [-0.05, 0) is 23.8 Å². The molecule has 0 radical (unpaired) electrons. The zero-order valence-electron chi connectivity index (χ0n) is 10.5. The maximum atomic E-state index is 12.0. The predicted molar refractivity (Wildman–Crippen MR) is 82.5 cm³/mol. The molecule has 0 aliphatic rings. The van der Waals surface area contributed by atoms with E-state index >= 15 is 0 Å². The van der Waals surface area contributed by atoms with Gasteiger partial charge in [0.15, 0.2) is 0 Å². The molecule has 4 heteroatoms. The third kappa shape index (κ3) is 2.49. The van der Waals surface area contributed by atoms with Gasteiger partial charge >= 0.3 is 0 Å². The second-order valence-corrected chi connectivity index (χ2v) is 4.74. The number of hydrogen-bond donors (Lipinski definition) is 1. The molecule has 0 spiro atoms. The van der Waals surface area contributed by atoms with Crippen molar-refractivity contribution in [3.63, 3.8) is 0 Å². The van der Waals surface area contributed by atoms with E-state index in [-0.39, 0.29) is 11.3 Å². The highest BCUT2D eigenvalue weighted by atomic mass is 35.5. The summed E-state index contributed by atoms with van der Waals surface area (Å²) in [5.74, 6) is 0. The Hall–Kier alpha value is -2.39. The van der Waals surface area contributed by atoms with E-state index in [1.807, 2.05) is 54.6 Å². The lowest BCUT2D eigenvalue weighted by molar-refractivity contribution is 1.19. The van der Waals surface area contributed by atoms with E-state index in [9.17, 15) is 4.79 Å². The van der Waals surface area contributed by atoms with Crippen molar-refractivity contribution in [2.24, 2.45) is 0 Å². The highest BCUT2D eigenvalue weighted by Gasteiger charge is 2.08. The van der Waals surface area contributed by atoms with Gasteiger partial charge < -0.3 is 4.98 Å². The van der Waals surface area contributed by atoms with Gasteiger partial charge in [-0.2, -0.15) is 0 Å². The molecule has 98 valence electrons. The van der Waals surface area contributed by atoms with Gasteiger partial charge in [-0.3, -0.25) is 4.79 Å². The molecule has 0 bridgehead atoms. The summed E-state index contributed by atoms with van der Waals surface area (Å²) in [5.41, 5.74) is 2.27. The number of fused-ring (bicyclic) bond motifs is 1. The highest BCUT2D eigenvalue weighted by Crippen LogP contribution is 2.19. The maximum Gasteiger partial charge on any atom is 0.275 e. The monoisotopic (exact) mass is 282 g/mol. The molecule has 3 rings (SSSR count). The molecule has 3 aromatic rings. The van der Waals surface area contributed by atoms with Crippen LogP contribution < -0.4 is 5.56 Å². The van der Waals surface area contributed by atoms with Gasteiger partial charge in [0, 0.05) is 0 Å². The van der Waals surface area contributed by atoms with Gasteiger partial charge in [0.2, 0.25) is 0 Å². The van der Waals surface area contributed by atoms with Gasteiger partial charge in [0.1, 0.15) is 5.69 Å². The zero-order chi connectivity index (χ0) is 13.9. The van der Waals surface area contributed by atoms with Crippen LogP contribution in [0.15, 0.2) is 59.4 Å². The Morgan fingerprint density at radius 1 is 1.05 bits per heavy atom. The van der Waals surface area contributed by atoms with Gasteiger partial charge in [0.05, 0.1) is 16.1 Å². The fourth-order valence-electron chi connectivity index (χ4n) is 1.96. The van der Waals surface area contributed by atoms with Crippen LogP contribution in [0.4, 0.5) is 0 Å². The van der Waals surface area contributed by atoms with E-state index in [4.69, 9.17) is 11.6 Å². The second kappa shape index (κ2) is 5.31. The first kappa shape index (κ1) is 12.6. The Morgan fingerprint density at radius 3 is 2.55 bits per heavy atom. The van der Waals surface area contributed by atoms with Crippen molar-refractivity contribution < 1.29 is 0 Å². The van der Waals surface area contributed by atoms with Crippen LogP contribution in [0.2, 0.25) is 0 Å². The summed E-state index contributed by atoms with van der Waals surface area (Å²) in [6.45, 7) is 0. The normalized spacial score (nSPS) is 11.8. The fraction of sp³-hybridized carbons (Fsp3) is 0. The van der Waals surface area contributed by atoms with Crippen LogP contribution in [0.25, 0.3) is 22.1 Å². The molecule has 0 saturated heterocycles. The molecule has 3 nitrogen and oxygen atoms in total. The maximum absolute atomic E-state index is 12.0. The first-order valence-electron chi connectivity index (χ1n) is 6.16. The molecule has 0 saturated carbocycles. The van der Waals surface area contributed by atoms with E-state index in [1.165, 1.54) is 0 Å². The lowest BCUT2D eigenvalue weighted by atomic mass is 10.2. The molecule has 1 N–H and O–H groups in total. The van der Waals surface area contributed by atoms with Gasteiger partial charge in [0.25, 0.3) is 5.56 Å². The number of aromatic nitrogens is 2. The molecule has 1 aromatic heterocycles. The molecule has 0 atom stereocenters. The average Bonchev–Trinajstić information content (AvgIpc) is 2.47. The largest absolute Gasteiger partial charge is 0.319 e. The molecule has 0 aliphatic heterocycles. The summed E-state index contributed by atoms with van der Waals surface area (Å²) in [5, 5.41) is 0.322. The summed E-state index contributed by atoms with van der Waals surface area (Å²) in [4.78, 5) is 19.1. The molecular weight excluding hydrogens is 272 g/mol. The smallest absolute Gasteiger partial charge is 0.275 e. The van der Waals surface area contributed by atoms with Crippen molar-refractivity contribution in [3.05, 3.63) is 76.2 Å². The van der Waals surface area contributed by atoms with E-state index in [0.29, 0.717) is 16.1 Å². The van der Waals surface area contributed by atoms with Gasteiger partial charge in [-0.1, -0.05) is 54.1 Å². The Bertz CT molecular complexity index is 838. The number of nitrogens with one attached hydrogen (secondary N) is 1. The Morgan fingerprint density at radius 2 is 1.75 bits per heavy atom. The van der Waals surface area contributed by atoms with Crippen LogP contribution in [-0.4, -0.2) is 9.97 Å². The molecule has 1 heterocycles. The summed E-state index contributed by atoms with van der Waals surface area (Å²) in [6.07, 6.45) is 1.73. The number of halogens is 1. The topological polar surface area (TPSA) is 45.8 Å². The van der Waals surface area contributed by atoms with E-state index < -0.39 is 0 Å². The van der Waals surface area contributed by atoms with Crippen molar-refractivity contribution in [1.29, 1.82) is 0 Å². The number of hydrogen-bond acceptors (Lipinski definition) is 2. The quantitative estimate of drug-likeness (QED) is 0.780. The molecular formula is C16H11ClN2O. The number of benzene rings is 2.